The standard InChI is InChI=1S/C24H26N2O5S/c1-17(2)19-6-10-21(11-7-19)25-24(28)16-26(15-22-5-4-14-31-22)32(29,30)23-12-8-20(9-13-23)18(3)27/h4-14,17H,15-16H2,1-3H3,(H,25,28). The highest BCUT2D eigenvalue weighted by atomic mass is 32.2. The number of furan rings is 1. The van der Waals surface area contributed by atoms with Crippen molar-refractivity contribution >= 4 is 27.4 Å². The summed E-state index contributed by atoms with van der Waals surface area (Å²) in [6.45, 7) is 5.06. The number of anilines is 1. The average Bonchev–Trinajstić information content (AvgIpc) is 3.27. The van der Waals surface area contributed by atoms with Gasteiger partial charge in [0, 0.05) is 11.3 Å². The van der Waals surface area contributed by atoms with Crippen LogP contribution in [0.15, 0.2) is 76.2 Å². The van der Waals surface area contributed by atoms with Crippen LogP contribution in [0.2, 0.25) is 0 Å². The Hall–Kier alpha value is -3.23. The fraction of sp³-hybridized carbons (Fsp3) is 0.250. The van der Waals surface area contributed by atoms with Crippen LogP contribution in [0, 0.1) is 0 Å². The normalized spacial score (nSPS) is 11.7. The first kappa shape index (κ1) is 23.4. The molecule has 1 aromatic heterocycles. The average molecular weight is 455 g/mol. The molecule has 0 aliphatic carbocycles. The molecular formula is C24H26N2O5S. The number of nitrogens with one attached hydrogen (secondary N) is 1. The largest absolute Gasteiger partial charge is 0.468 e. The van der Waals surface area contributed by atoms with Gasteiger partial charge < -0.3 is 9.73 Å². The molecule has 0 aliphatic rings. The fourth-order valence-electron chi connectivity index (χ4n) is 3.12. The summed E-state index contributed by atoms with van der Waals surface area (Å²) < 4.78 is 32.9. The summed E-state index contributed by atoms with van der Waals surface area (Å²) >= 11 is 0. The molecule has 3 aromatic rings. The Bertz CT molecular complexity index is 1170. The smallest absolute Gasteiger partial charge is 0.243 e. The van der Waals surface area contributed by atoms with E-state index in [1.165, 1.54) is 37.5 Å². The monoisotopic (exact) mass is 454 g/mol. The van der Waals surface area contributed by atoms with Gasteiger partial charge in [-0.2, -0.15) is 4.31 Å². The molecule has 3 rings (SSSR count). The molecule has 7 nitrogen and oxygen atoms in total. The summed E-state index contributed by atoms with van der Waals surface area (Å²) in [4.78, 5) is 24.2. The third-order valence-corrected chi connectivity index (χ3v) is 6.80. The van der Waals surface area contributed by atoms with Gasteiger partial charge in [-0.15, -0.1) is 0 Å². The lowest BCUT2D eigenvalue weighted by Crippen LogP contribution is -2.37. The SMILES string of the molecule is CC(=O)c1ccc(S(=O)(=O)N(CC(=O)Nc2ccc(C(C)C)cc2)Cc2ccco2)cc1. The van der Waals surface area contributed by atoms with Crippen molar-refractivity contribution in [2.45, 2.75) is 38.1 Å². The molecule has 1 heterocycles. The van der Waals surface area contributed by atoms with Crippen molar-refractivity contribution in [3.8, 4) is 0 Å². The molecule has 2 aromatic carbocycles. The molecule has 32 heavy (non-hydrogen) atoms. The van der Waals surface area contributed by atoms with Crippen LogP contribution < -0.4 is 5.32 Å². The Morgan fingerprint density at radius 3 is 2.19 bits per heavy atom. The number of hydrogen-bond acceptors (Lipinski definition) is 5. The number of nitrogens with zero attached hydrogens (tertiary/aromatic N) is 1. The molecule has 0 atom stereocenters. The number of sulfonamides is 1. The minimum atomic E-state index is -4.02. The number of carbonyl (C=O) groups excluding carboxylic acids is 2. The first-order valence-electron chi connectivity index (χ1n) is 10.2. The summed E-state index contributed by atoms with van der Waals surface area (Å²) in [7, 11) is -4.02. The first-order chi connectivity index (χ1) is 15.2. The highest BCUT2D eigenvalue weighted by molar-refractivity contribution is 7.89. The van der Waals surface area contributed by atoms with Gasteiger partial charge in [-0.1, -0.05) is 38.1 Å². The first-order valence-corrected chi connectivity index (χ1v) is 11.6. The van der Waals surface area contributed by atoms with Gasteiger partial charge in [0.1, 0.15) is 5.76 Å². The number of ketones is 1. The zero-order chi connectivity index (χ0) is 23.3. The maximum atomic E-state index is 13.3. The molecule has 0 unspecified atom stereocenters. The number of Topliss-reactive ketones (excluding diaryl/α,β-unsaturated/α-hetero) is 1. The molecule has 0 aliphatic heterocycles. The maximum absolute atomic E-state index is 13.3. The second kappa shape index (κ2) is 9.93. The fourth-order valence-corrected chi connectivity index (χ4v) is 4.49. The van der Waals surface area contributed by atoms with E-state index >= 15 is 0 Å². The van der Waals surface area contributed by atoms with Gasteiger partial charge in [-0.3, -0.25) is 9.59 Å². The number of carbonyl (C=O) groups is 2. The quantitative estimate of drug-likeness (QED) is 0.482. The van der Waals surface area contributed by atoms with Crippen LogP contribution >= 0.6 is 0 Å². The molecule has 1 amide bonds. The topological polar surface area (TPSA) is 96.7 Å². The van der Waals surface area contributed by atoms with E-state index in [1.807, 2.05) is 12.1 Å². The molecule has 0 spiro atoms. The van der Waals surface area contributed by atoms with Crippen LogP contribution in [-0.4, -0.2) is 31.0 Å². The van der Waals surface area contributed by atoms with E-state index in [-0.39, 0.29) is 17.2 Å². The van der Waals surface area contributed by atoms with Crippen molar-refractivity contribution in [3.63, 3.8) is 0 Å². The van der Waals surface area contributed by atoms with Crippen molar-refractivity contribution in [1.82, 2.24) is 4.31 Å². The van der Waals surface area contributed by atoms with Gasteiger partial charge in [0.2, 0.25) is 15.9 Å². The highest BCUT2D eigenvalue weighted by Crippen LogP contribution is 2.21. The van der Waals surface area contributed by atoms with E-state index in [4.69, 9.17) is 4.42 Å². The van der Waals surface area contributed by atoms with Gasteiger partial charge in [-0.25, -0.2) is 8.42 Å². The van der Waals surface area contributed by atoms with Crippen molar-refractivity contribution < 1.29 is 22.4 Å². The molecule has 0 fully saturated rings. The third kappa shape index (κ3) is 5.72. The van der Waals surface area contributed by atoms with Gasteiger partial charge in [0.15, 0.2) is 5.78 Å². The number of benzene rings is 2. The molecule has 0 radical (unpaired) electrons. The summed E-state index contributed by atoms with van der Waals surface area (Å²) in [6, 6.07) is 16.4. The number of amides is 1. The Labute approximate surface area is 188 Å². The molecule has 0 bridgehead atoms. The van der Waals surface area contributed by atoms with Gasteiger partial charge in [0.05, 0.1) is 24.2 Å². The van der Waals surface area contributed by atoms with E-state index in [2.05, 4.69) is 19.2 Å². The molecule has 0 saturated carbocycles. The molecule has 0 saturated heterocycles. The molecule has 8 heteroatoms. The lowest BCUT2D eigenvalue weighted by atomic mass is 10.0. The van der Waals surface area contributed by atoms with Crippen molar-refractivity contribution in [2.75, 3.05) is 11.9 Å². The number of hydrogen-bond donors (Lipinski definition) is 1. The van der Waals surface area contributed by atoms with Crippen molar-refractivity contribution in [3.05, 3.63) is 83.8 Å². The van der Waals surface area contributed by atoms with E-state index in [0.29, 0.717) is 22.9 Å². The van der Waals surface area contributed by atoms with E-state index in [0.717, 1.165) is 9.87 Å². The molecule has 168 valence electrons. The summed E-state index contributed by atoms with van der Waals surface area (Å²) in [5.74, 6) is 0.133. The Balaban J connectivity index is 1.81. The Kier molecular flexibility index (Phi) is 7.27. The lowest BCUT2D eigenvalue weighted by molar-refractivity contribution is -0.116. The maximum Gasteiger partial charge on any atom is 0.243 e. The zero-order valence-electron chi connectivity index (χ0n) is 18.2. The van der Waals surface area contributed by atoms with Crippen molar-refractivity contribution in [1.29, 1.82) is 0 Å². The predicted octanol–water partition coefficient (Wildman–Crippen LogP) is 4.44. The summed E-state index contributed by atoms with van der Waals surface area (Å²) in [6.07, 6.45) is 1.44. The summed E-state index contributed by atoms with van der Waals surface area (Å²) in [5.41, 5.74) is 2.13. The van der Waals surface area contributed by atoms with Crippen molar-refractivity contribution in [2.24, 2.45) is 0 Å². The lowest BCUT2D eigenvalue weighted by Gasteiger charge is -2.21. The van der Waals surface area contributed by atoms with Crippen LogP contribution in [0.4, 0.5) is 5.69 Å². The van der Waals surface area contributed by atoms with Crippen LogP contribution in [0.5, 0.6) is 0 Å². The minimum absolute atomic E-state index is 0.0110. The highest BCUT2D eigenvalue weighted by Gasteiger charge is 2.28. The third-order valence-electron chi connectivity index (χ3n) is 4.99. The van der Waals surface area contributed by atoms with E-state index < -0.39 is 22.5 Å². The number of rotatable bonds is 9. The van der Waals surface area contributed by atoms with Crippen LogP contribution in [0.1, 0.15) is 48.4 Å². The van der Waals surface area contributed by atoms with Gasteiger partial charge in [0.25, 0.3) is 0 Å². The minimum Gasteiger partial charge on any atom is -0.468 e. The second-order valence-corrected chi connectivity index (χ2v) is 9.70. The summed E-state index contributed by atoms with van der Waals surface area (Å²) in [5, 5.41) is 2.75. The molecular weight excluding hydrogens is 428 g/mol. The zero-order valence-corrected chi connectivity index (χ0v) is 19.1. The Morgan fingerprint density at radius 1 is 1.00 bits per heavy atom. The second-order valence-electron chi connectivity index (χ2n) is 7.76. The van der Waals surface area contributed by atoms with Crippen LogP contribution in [0.3, 0.4) is 0 Å². The van der Waals surface area contributed by atoms with E-state index in [1.54, 1.807) is 24.3 Å². The molecule has 1 N–H and O–H groups in total. The van der Waals surface area contributed by atoms with Crippen LogP contribution in [-0.2, 0) is 21.4 Å². The predicted molar refractivity (Wildman–Crippen MR) is 122 cm³/mol. The van der Waals surface area contributed by atoms with Crippen LogP contribution in [0.25, 0.3) is 0 Å². The van der Waals surface area contributed by atoms with Gasteiger partial charge in [-0.05, 0) is 54.8 Å². The Morgan fingerprint density at radius 2 is 1.66 bits per heavy atom. The van der Waals surface area contributed by atoms with Gasteiger partial charge >= 0.3 is 0 Å². The van der Waals surface area contributed by atoms with E-state index in [9.17, 15) is 18.0 Å².